The third-order valence-electron chi connectivity index (χ3n) is 13.5. The van der Waals surface area contributed by atoms with Crippen molar-refractivity contribution < 1.29 is 0 Å². The predicted octanol–water partition coefficient (Wildman–Crippen LogP) is 15.9. The number of hydrogen-bond donors (Lipinski definition) is 0. The molecule has 12 rings (SSSR count). The zero-order chi connectivity index (χ0) is 41.9. The highest BCUT2D eigenvalue weighted by Crippen LogP contribution is 2.50. The molecule has 0 atom stereocenters. The first kappa shape index (κ1) is 36.2. The van der Waals surface area contributed by atoms with Gasteiger partial charge in [-0.2, -0.15) is 0 Å². The van der Waals surface area contributed by atoms with Crippen molar-refractivity contribution in [2.24, 2.45) is 0 Å². The van der Waals surface area contributed by atoms with Gasteiger partial charge < -0.3 is 9.30 Å². The molecule has 0 fully saturated rings. The highest BCUT2D eigenvalue weighted by molar-refractivity contribution is 6.30. The Morgan fingerprint density at radius 2 is 0.869 bits per heavy atom. The Morgan fingerprint density at radius 3 is 1.48 bits per heavy atom. The third-order valence-corrected chi connectivity index (χ3v) is 13.5. The molecule has 0 N–H and O–H groups in total. The van der Waals surface area contributed by atoms with E-state index in [1.165, 1.54) is 87.2 Å². The number of aromatic nitrogens is 3. The van der Waals surface area contributed by atoms with Crippen molar-refractivity contribution in [3.8, 4) is 0 Å². The molecular weight excluding hydrogens is 741 g/mol. The van der Waals surface area contributed by atoms with Gasteiger partial charge in [-0.3, -0.25) is 4.40 Å². The number of rotatable bonds is 3. The van der Waals surface area contributed by atoms with Gasteiger partial charge in [-0.1, -0.05) is 135 Å². The Bertz CT molecular complexity index is 3690. The molecule has 0 radical (unpaired) electrons. The van der Waals surface area contributed by atoms with Gasteiger partial charge in [-0.05, 0) is 105 Å². The molecule has 5 aromatic heterocycles. The number of nitrogens with zero attached hydrogens (tertiary/aromatic N) is 4. The fourth-order valence-corrected chi connectivity index (χ4v) is 10.3. The van der Waals surface area contributed by atoms with Gasteiger partial charge in [0.1, 0.15) is 5.65 Å². The second-order valence-corrected chi connectivity index (χ2v) is 20.6. The van der Waals surface area contributed by atoms with Crippen LogP contribution in [0.1, 0.15) is 79.0 Å². The predicted molar refractivity (Wildman–Crippen MR) is 262 cm³/mol. The van der Waals surface area contributed by atoms with Crippen LogP contribution in [-0.2, 0) is 16.2 Å². The lowest BCUT2D eigenvalue weighted by molar-refractivity contribution is 0.591. The second-order valence-electron chi connectivity index (χ2n) is 20.6. The van der Waals surface area contributed by atoms with Crippen LogP contribution >= 0.6 is 0 Å². The first-order valence-corrected chi connectivity index (χ1v) is 21.8. The molecule has 5 heterocycles. The van der Waals surface area contributed by atoms with Crippen LogP contribution in [0.3, 0.4) is 0 Å². The van der Waals surface area contributed by atoms with E-state index in [-0.39, 0.29) is 16.2 Å². The van der Waals surface area contributed by atoms with Gasteiger partial charge >= 0.3 is 0 Å². The zero-order valence-corrected chi connectivity index (χ0v) is 36.6. The number of benzene rings is 7. The van der Waals surface area contributed by atoms with Crippen LogP contribution in [0.15, 0.2) is 140 Å². The Morgan fingerprint density at radius 1 is 0.393 bits per heavy atom. The smallest absolute Gasteiger partial charge is 0.146 e. The highest BCUT2D eigenvalue weighted by Gasteiger charge is 2.31. The van der Waals surface area contributed by atoms with Crippen molar-refractivity contribution in [3.05, 3.63) is 156 Å². The van der Waals surface area contributed by atoms with Gasteiger partial charge in [0.25, 0.3) is 0 Å². The summed E-state index contributed by atoms with van der Waals surface area (Å²) >= 11 is 0. The summed E-state index contributed by atoms with van der Waals surface area (Å²) in [5, 5.41) is 11.3. The van der Waals surface area contributed by atoms with E-state index in [2.05, 4.69) is 216 Å². The van der Waals surface area contributed by atoms with Crippen molar-refractivity contribution in [3.63, 3.8) is 0 Å². The van der Waals surface area contributed by atoms with Crippen molar-refractivity contribution in [1.82, 2.24) is 13.8 Å². The van der Waals surface area contributed by atoms with Crippen LogP contribution in [0.4, 0.5) is 17.1 Å². The Hall–Kier alpha value is -6.65. The van der Waals surface area contributed by atoms with Gasteiger partial charge in [-0.25, -0.2) is 4.98 Å². The van der Waals surface area contributed by atoms with E-state index in [0.717, 1.165) is 33.7 Å². The zero-order valence-electron chi connectivity index (χ0n) is 36.6. The quantitative estimate of drug-likeness (QED) is 0.178. The van der Waals surface area contributed by atoms with E-state index >= 15 is 0 Å². The van der Waals surface area contributed by atoms with Crippen LogP contribution in [0, 0.1) is 0 Å². The molecule has 0 aliphatic heterocycles. The molecule has 0 amide bonds. The molecule has 0 aliphatic carbocycles. The van der Waals surface area contributed by atoms with Crippen LogP contribution in [0.25, 0.3) is 87.2 Å². The Balaban J connectivity index is 1.33. The van der Waals surface area contributed by atoms with E-state index in [4.69, 9.17) is 4.98 Å². The Kier molecular flexibility index (Phi) is 7.13. The molecule has 61 heavy (non-hydrogen) atoms. The lowest BCUT2D eigenvalue weighted by atomic mass is 9.84. The highest BCUT2D eigenvalue weighted by atomic mass is 15.2. The van der Waals surface area contributed by atoms with Gasteiger partial charge in [0, 0.05) is 54.5 Å². The molecule has 298 valence electrons. The van der Waals surface area contributed by atoms with Gasteiger partial charge in [0.05, 0.1) is 38.8 Å². The molecule has 4 nitrogen and oxygen atoms in total. The molecule has 7 aromatic carbocycles. The third kappa shape index (κ3) is 5.02. The minimum absolute atomic E-state index is 0.0384. The standard InChI is InChI=1S/C57H50N4/c1-55(2,3)34-26-41-40-25-24-33-18-16-17-23-39(33)50(40)61-51(41)44(28-34)45-32-47-49(58-54(45)61)46-30-35(56(4,5)6)27-42-43-29-36(57(7,8)9)31-48(53(43)60(47)52(42)46)59(37-19-12-10-13-20-37)38-21-14-11-15-22-38/h10-32H,1-9H3. The van der Waals surface area contributed by atoms with E-state index in [1.54, 1.807) is 0 Å². The molecule has 0 bridgehead atoms. The summed E-state index contributed by atoms with van der Waals surface area (Å²) in [5.41, 5.74) is 15.3. The summed E-state index contributed by atoms with van der Waals surface area (Å²) in [5.74, 6) is 0. The summed E-state index contributed by atoms with van der Waals surface area (Å²) in [6, 6.07) is 52.4. The van der Waals surface area contributed by atoms with Crippen LogP contribution in [-0.4, -0.2) is 13.8 Å². The first-order chi connectivity index (χ1) is 29.2. The monoisotopic (exact) mass is 790 g/mol. The molecule has 0 saturated carbocycles. The number of pyridine rings is 1. The largest absolute Gasteiger partial charge is 0.308 e. The summed E-state index contributed by atoms with van der Waals surface area (Å²) in [6.07, 6.45) is 0. The first-order valence-electron chi connectivity index (χ1n) is 21.8. The van der Waals surface area contributed by atoms with E-state index in [0.29, 0.717) is 0 Å². The Labute approximate surface area is 356 Å². The maximum atomic E-state index is 5.91. The normalized spacial score (nSPS) is 13.3. The summed E-state index contributed by atoms with van der Waals surface area (Å²) < 4.78 is 5.07. The van der Waals surface area contributed by atoms with Crippen molar-refractivity contribution in [2.45, 2.75) is 78.6 Å². The number of anilines is 3. The number of hydrogen-bond acceptors (Lipinski definition) is 2. The second kappa shape index (κ2) is 12.0. The van der Waals surface area contributed by atoms with Gasteiger partial charge in [-0.15, -0.1) is 0 Å². The van der Waals surface area contributed by atoms with Crippen LogP contribution < -0.4 is 4.90 Å². The van der Waals surface area contributed by atoms with Gasteiger partial charge in [0.15, 0.2) is 0 Å². The summed E-state index contributed by atoms with van der Waals surface area (Å²) in [7, 11) is 0. The minimum atomic E-state index is -0.0882. The maximum absolute atomic E-state index is 5.91. The average molecular weight is 791 g/mol. The van der Waals surface area contributed by atoms with Crippen molar-refractivity contribution in [2.75, 3.05) is 4.90 Å². The topological polar surface area (TPSA) is 25.0 Å². The van der Waals surface area contributed by atoms with Crippen LogP contribution in [0.2, 0.25) is 0 Å². The average Bonchev–Trinajstić information content (AvgIpc) is 3.95. The van der Waals surface area contributed by atoms with E-state index < -0.39 is 0 Å². The fraction of sp³-hybridized carbons (Fsp3) is 0.211. The van der Waals surface area contributed by atoms with E-state index in [1.807, 2.05) is 0 Å². The van der Waals surface area contributed by atoms with Crippen molar-refractivity contribution in [1.29, 1.82) is 0 Å². The molecule has 0 unspecified atom stereocenters. The van der Waals surface area contributed by atoms with Gasteiger partial charge in [0.2, 0.25) is 0 Å². The molecule has 0 saturated heterocycles. The fourth-order valence-electron chi connectivity index (χ4n) is 10.3. The molecule has 12 aromatic rings. The number of para-hydroxylation sites is 2. The minimum Gasteiger partial charge on any atom is -0.308 e. The summed E-state index contributed by atoms with van der Waals surface area (Å²) in [6.45, 7) is 21.0. The van der Waals surface area contributed by atoms with Crippen molar-refractivity contribution >= 4 is 104 Å². The molecular formula is C57H50N4. The lowest BCUT2D eigenvalue weighted by Crippen LogP contribution is -2.15. The summed E-state index contributed by atoms with van der Waals surface area (Å²) in [4.78, 5) is 8.37. The van der Waals surface area contributed by atoms with E-state index in [9.17, 15) is 0 Å². The number of fused-ring (bicyclic) bond motifs is 14. The lowest BCUT2D eigenvalue weighted by Gasteiger charge is -2.29. The maximum Gasteiger partial charge on any atom is 0.146 e. The molecule has 4 heteroatoms. The van der Waals surface area contributed by atoms with Crippen LogP contribution in [0.5, 0.6) is 0 Å². The SMILES string of the molecule is CC(C)(C)c1cc(N(c2ccccc2)c2ccccc2)c2c(c1)c1cc(C(C)(C)C)cc3c4nc5c(cc4n2c13)c1cc(C(C)(C)C)cc2c3ccc4ccccc4c3n5c12. The molecule has 0 spiro atoms. The molecule has 0 aliphatic rings.